The van der Waals surface area contributed by atoms with E-state index in [4.69, 9.17) is 0 Å². The molecule has 6 rings (SSSR count). The number of H-pyrrole nitrogens is 2. The molecule has 0 radical (unpaired) electrons. The number of nitrogens with one attached hydrogen (secondary N) is 2. The monoisotopic (exact) mass is 406 g/mol. The molecule has 2 nitrogen and oxygen atoms in total. The SMILES string of the molecule is Fc1ccc2[nH]c3c(c2c1)CCCCC3.Fc1ccc2[nH]c3c(c2c1)CCCCC3. The molecule has 0 unspecified atom stereocenters. The second-order valence-corrected chi connectivity index (χ2v) is 8.67. The second-order valence-electron chi connectivity index (χ2n) is 8.67. The van der Waals surface area contributed by atoms with Gasteiger partial charge in [0.15, 0.2) is 0 Å². The van der Waals surface area contributed by atoms with E-state index in [1.54, 1.807) is 12.1 Å². The van der Waals surface area contributed by atoms with E-state index in [-0.39, 0.29) is 11.6 Å². The summed E-state index contributed by atoms with van der Waals surface area (Å²) in [4.78, 5) is 6.83. The number of aromatic nitrogens is 2. The van der Waals surface area contributed by atoms with Gasteiger partial charge in [-0.05, 0) is 98.9 Å². The van der Waals surface area contributed by atoms with Gasteiger partial charge in [-0.1, -0.05) is 12.8 Å². The predicted molar refractivity (Wildman–Crippen MR) is 119 cm³/mol. The van der Waals surface area contributed by atoms with Crippen LogP contribution >= 0.6 is 0 Å². The van der Waals surface area contributed by atoms with Gasteiger partial charge in [0.1, 0.15) is 11.6 Å². The minimum atomic E-state index is -0.131. The van der Waals surface area contributed by atoms with Crippen LogP contribution < -0.4 is 0 Å². The average Bonchev–Trinajstić information content (AvgIpc) is 3.03. The lowest BCUT2D eigenvalue weighted by atomic mass is 10.1. The third-order valence-corrected chi connectivity index (χ3v) is 6.62. The Bertz CT molecular complexity index is 1090. The maximum atomic E-state index is 13.2. The molecule has 2 aromatic carbocycles. The van der Waals surface area contributed by atoms with Crippen LogP contribution in [0.2, 0.25) is 0 Å². The van der Waals surface area contributed by atoms with E-state index >= 15 is 0 Å². The summed E-state index contributed by atoms with van der Waals surface area (Å²) in [6.45, 7) is 0. The van der Waals surface area contributed by atoms with Crippen LogP contribution in [-0.2, 0) is 25.7 Å². The number of aromatic amines is 2. The first kappa shape index (κ1) is 19.3. The number of hydrogen-bond donors (Lipinski definition) is 2. The molecule has 4 aromatic rings. The molecule has 2 aromatic heterocycles. The third-order valence-electron chi connectivity index (χ3n) is 6.62. The van der Waals surface area contributed by atoms with Crippen LogP contribution in [0.3, 0.4) is 0 Å². The molecule has 30 heavy (non-hydrogen) atoms. The summed E-state index contributed by atoms with van der Waals surface area (Å²) in [5.74, 6) is -0.262. The van der Waals surface area contributed by atoms with Crippen molar-refractivity contribution in [2.45, 2.75) is 64.2 Å². The largest absolute Gasteiger partial charge is 0.358 e. The molecule has 0 saturated heterocycles. The molecule has 2 heterocycles. The second kappa shape index (κ2) is 8.25. The van der Waals surface area contributed by atoms with E-state index in [0.717, 1.165) is 47.5 Å². The highest BCUT2D eigenvalue weighted by Crippen LogP contribution is 2.29. The third kappa shape index (κ3) is 3.76. The number of halogens is 2. The van der Waals surface area contributed by atoms with E-state index in [1.165, 1.54) is 73.2 Å². The normalized spacial score (nSPS) is 16.3. The van der Waals surface area contributed by atoms with Gasteiger partial charge in [-0.3, -0.25) is 0 Å². The Morgan fingerprint density at radius 3 is 1.43 bits per heavy atom. The fraction of sp³-hybridized carbons (Fsp3) is 0.385. The zero-order valence-electron chi connectivity index (χ0n) is 17.3. The quantitative estimate of drug-likeness (QED) is 0.291. The number of rotatable bonds is 0. The van der Waals surface area contributed by atoms with Gasteiger partial charge in [-0.25, -0.2) is 8.78 Å². The molecular formula is C26H28F2N2. The summed E-state index contributed by atoms with van der Waals surface area (Å²) in [5, 5.41) is 2.18. The van der Waals surface area contributed by atoms with Gasteiger partial charge in [0, 0.05) is 33.2 Å². The highest BCUT2D eigenvalue weighted by molar-refractivity contribution is 5.85. The number of benzene rings is 2. The van der Waals surface area contributed by atoms with Crippen LogP contribution in [0.1, 0.15) is 61.0 Å². The van der Waals surface area contributed by atoms with Gasteiger partial charge < -0.3 is 9.97 Å². The zero-order valence-corrected chi connectivity index (χ0v) is 17.3. The standard InChI is InChI=1S/2C13H14FN/c2*14-9-6-7-13-11(8-9)10-4-2-1-3-5-12(10)15-13/h2*6-8,15H,1-5H2. The molecule has 0 aliphatic heterocycles. The summed E-state index contributed by atoms with van der Waals surface area (Å²) in [6.07, 6.45) is 12.0. The summed E-state index contributed by atoms with van der Waals surface area (Å²) < 4.78 is 26.3. The number of hydrogen-bond acceptors (Lipinski definition) is 0. The molecule has 156 valence electrons. The fourth-order valence-corrected chi connectivity index (χ4v) is 5.11. The molecule has 0 fully saturated rings. The molecule has 0 amide bonds. The summed E-state index contributed by atoms with van der Waals surface area (Å²) >= 11 is 0. The van der Waals surface area contributed by atoms with Crippen LogP contribution in [0.25, 0.3) is 21.8 Å². The highest BCUT2D eigenvalue weighted by atomic mass is 19.1. The minimum absolute atomic E-state index is 0.131. The van der Waals surface area contributed by atoms with E-state index in [1.807, 2.05) is 12.1 Å². The first-order chi connectivity index (χ1) is 14.7. The molecule has 4 heteroatoms. The zero-order chi connectivity index (χ0) is 20.5. The lowest BCUT2D eigenvalue weighted by Crippen LogP contribution is -1.86. The van der Waals surface area contributed by atoms with Crippen molar-refractivity contribution < 1.29 is 8.78 Å². The van der Waals surface area contributed by atoms with Crippen molar-refractivity contribution in [1.29, 1.82) is 0 Å². The van der Waals surface area contributed by atoms with E-state index in [9.17, 15) is 8.78 Å². The Kier molecular flexibility index (Phi) is 5.32. The number of aryl methyl sites for hydroxylation is 4. The van der Waals surface area contributed by atoms with Gasteiger partial charge in [-0.2, -0.15) is 0 Å². The van der Waals surface area contributed by atoms with Crippen LogP contribution in [0.4, 0.5) is 8.78 Å². The van der Waals surface area contributed by atoms with Crippen molar-refractivity contribution in [1.82, 2.24) is 9.97 Å². The maximum Gasteiger partial charge on any atom is 0.123 e. The van der Waals surface area contributed by atoms with Crippen LogP contribution in [0.15, 0.2) is 36.4 Å². The van der Waals surface area contributed by atoms with Crippen molar-refractivity contribution in [2.75, 3.05) is 0 Å². The summed E-state index contributed by atoms with van der Waals surface area (Å²) in [5.41, 5.74) is 7.52. The Labute approximate surface area is 175 Å². The van der Waals surface area contributed by atoms with Gasteiger partial charge >= 0.3 is 0 Å². The highest BCUT2D eigenvalue weighted by Gasteiger charge is 2.15. The molecular weight excluding hydrogens is 378 g/mol. The molecule has 2 N–H and O–H groups in total. The Morgan fingerprint density at radius 2 is 0.967 bits per heavy atom. The lowest BCUT2D eigenvalue weighted by molar-refractivity contribution is 0.629. The predicted octanol–water partition coefficient (Wildman–Crippen LogP) is 7.15. The Morgan fingerprint density at radius 1 is 0.533 bits per heavy atom. The first-order valence-corrected chi connectivity index (χ1v) is 11.3. The summed E-state index contributed by atoms with van der Waals surface area (Å²) in [7, 11) is 0. The van der Waals surface area contributed by atoms with Gasteiger partial charge in [0.25, 0.3) is 0 Å². The lowest BCUT2D eigenvalue weighted by Gasteiger charge is -1.97. The summed E-state index contributed by atoms with van der Waals surface area (Å²) in [6, 6.07) is 10.1. The van der Waals surface area contributed by atoms with Crippen molar-refractivity contribution in [3.05, 3.63) is 70.5 Å². The van der Waals surface area contributed by atoms with Crippen molar-refractivity contribution in [3.8, 4) is 0 Å². The molecule has 2 aliphatic carbocycles. The van der Waals surface area contributed by atoms with E-state index in [0.29, 0.717) is 0 Å². The molecule has 0 saturated carbocycles. The molecule has 0 atom stereocenters. The van der Waals surface area contributed by atoms with Gasteiger partial charge in [0.05, 0.1) is 0 Å². The molecule has 2 aliphatic rings. The Hall–Kier alpha value is -2.62. The van der Waals surface area contributed by atoms with Crippen molar-refractivity contribution in [2.24, 2.45) is 0 Å². The van der Waals surface area contributed by atoms with Crippen molar-refractivity contribution in [3.63, 3.8) is 0 Å². The van der Waals surface area contributed by atoms with Crippen molar-refractivity contribution >= 4 is 21.8 Å². The fourth-order valence-electron chi connectivity index (χ4n) is 5.11. The Balaban J connectivity index is 0.000000128. The van der Waals surface area contributed by atoms with Crippen LogP contribution in [0.5, 0.6) is 0 Å². The average molecular weight is 407 g/mol. The van der Waals surface area contributed by atoms with E-state index < -0.39 is 0 Å². The number of fused-ring (bicyclic) bond motifs is 6. The minimum Gasteiger partial charge on any atom is -0.358 e. The van der Waals surface area contributed by atoms with Gasteiger partial charge in [0.2, 0.25) is 0 Å². The topological polar surface area (TPSA) is 31.6 Å². The maximum absolute atomic E-state index is 13.2. The first-order valence-electron chi connectivity index (χ1n) is 11.3. The van der Waals surface area contributed by atoms with E-state index in [2.05, 4.69) is 9.97 Å². The van der Waals surface area contributed by atoms with Gasteiger partial charge in [-0.15, -0.1) is 0 Å². The van der Waals surface area contributed by atoms with Crippen LogP contribution in [-0.4, -0.2) is 9.97 Å². The smallest absolute Gasteiger partial charge is 0.123 e. The molecule has 0 bridgehead atoms. The molecule has 0 spiro atoms. The van der Waals surface area contributed by atoms with Crippen LogP contribution in [0, 0.1) is 11.6 Å².